The maximum atomic E-state index is 12.9. The minimum absolute atomic E-state index is 0.385. The SMILES string of the molecule is CCCNCC(O)c1cc(F)ccc1Cl. The Bertz CT molecular complexity index is 319. The number of aliphatic hydroxyl groups is 1. The summed E-state index contributed by atoms with van der Waals surface area (Å²) in [6.45, 7) is 3.25. The van der Waals surface area contributed by atoms with Crippen LogP contribution in [-0.2, 0) is 0 Å². The molecule has 1 atom stereocenters. The summed E-state index contributed by atoms with van der Waals surface area (Å²) in [5.74, 6) is -0.385. The fourth-order valence-corrected chi connectivity index (χ4v) is 1.54. The molecule has 4 heteroatoms. The fourth-order valence-electron chi connectivity index (χ4n) is 1.30. The van der Waals surface area contributed by atoms with Crippen LogP contribution in [-0.4, -0.2) is 18.2 Å². The van der Waals surface area contributed by atoms with Gasteiger partial charge < -0.3 is 10.4 Å². The van der Waals surface area contributed by atoms with Crippen LogP contribution in [0.3, 0.4) is 0 Å². The molecule has 0 saturated carbocycles. The zero-order chi connectivity index (χ0) is 11.3. The van der Waals surface area contributed by atoms with Crippen LogP contribution in [0.1, 0.15) is 25.0 Å². The maximum absolute atomic E-state index is 12.9. The largest absolute Gasteiger partial charge is 0.387 e. The van der Waals surface area contributed by atoms with E-state index in [1.54, 1.807) is 0 Å². The second-order valence-electron chi connectivity index (χ2n) is 3.39. The number of aliphatic hydroxyl groups excluding tert-OH is 1. The van der Waals surface area contributed by atoms with Crippen LogP contribution in [0.25, 0.3) is 0 Å². The number of rotatable bonds is 5. The van der Waals surface area contributed by atoms with Gasteiger partial charge in [-0.2, -0.15) is 0 Å². The van der Waals surface area contributed by atoms with Crippen molar-refractivity contribution in [2.45, 2.75) is 19.4 Å². The van der Waals surface area contributed by atoms with Crippen LogP contribution < -0.4 is 5.32 Å². The normalized spacial score (nSPS) is 12.8. The Morgan fingerprint density at radius 1 is 1.53 bits per heavy atom. The molecule has 0 aliphatic heterocycles. The molecule has 1 rings (SSSR count). The van der Waals surface area contributed by atoms with Crippen molar-refractivity contribution in [1.29, 1.82) is 0 Å². The highest BCUT2D eigenvalue weighted by molar-refractivity contribution is 6.31. The van der Waals surface area contributed by atoms with Gasteiger partial charge in [0, 0.05) is 17.1 Å². The van der Waals surface area contributed by atoms with E-state index in [0.29, 0.717) is 17.1 Å². The third kappa shape index (κ3) is 3.78. The summed E-state index contributed by atoms with van der Waals surface area (Å²) in [7, 11) is 0. The molecule has 0 heterocycles. The first kappa shape index (κ1) is 12.4. The van der Waals surface area contributed by atoms with Crippen molar-refractivity contribution in [3.63, 3.8) is 0 Å². The van der Waals surface area contributed by atoms with Crippen molar-refractivity contribution >= 4 is 11.6 Å². The van der Waals surface area contributed by atoms with Crippen molar-refractivity contribution in [3.8, 4) is 0 Å². The minimum Gasteiger partial charge on any atom is -0.387 e. The van der Waals surface area contributed by atoms with Gasteiger partial charge in [0.1, 0.15) is 5.82 Å². The van der Waals surface area contributed by atoms with Crippen molar-refractivity contribution in [3.05, 3.63) is 34.6 Å². The predicted molar refractivity (Wildman–Crippen MR) is 59.5 cm³/mol. The standard InChI is InChI=1S/C11H15ClFNO/c1-2-5-14-7-11(15)9-6-8(13)3-4-10(9)12/h3-4,6,11,14-15H,2,5,7H2,1H3. The molecule has 0 spiro atoms. The molecule has 15 heavy (non-hydrogen) atoms. The maximum Gasteiger partial charge on any atom is 0.123 e. The molecule has 0 aromatic heterocycles. The lowest BCUT2D eigenvalue weighted by Crippen LogP contribution is -2.22. The van der Waals surface area contributed by atoms with Crippen molar-refractivity contribution in [2.75, 3.05) is 13.1 Å². The van der Waals surface area contributed by atoms with Gasteiger partial charge >= 0.3 is 0 Å². The molecule has 84 valence electrons. The third-order valence-corrected chi connectivity index (χ3v) is 2.43. The quantitative estimate of drug-likeness (QED) is 0.764. The highest BCUT2D eigenvalue weighted by Gasteiger charge is 2.11. The monoisotopic (exact) mass is 231 g/mol. The Kier molecular flexibility index (Phi) is 5.02. The van der Waals surface area contributed by atoms with Crippen LogP contribution in [0.4, 0.5) is 4.39 Å². The van der Waals surface area contributed by atoms with E-state index in [4.69, 9.17) is 11.6 Å². The highest BCUT2D eigenvalue weighted by Crippen LogP contribution is 2.23. The summed E-state index contributed by atoms with van der Waals surface area (Å²) in [5, 5.41) is 13.2. The molecule has 1 aromatic carbocycles. The molecule has 0 aliphatic rings. The Labute approximate surface area is 94.1 Å². The first-order valence-electron chi connectivity index (χ1n) is 4.99. The van der Waals surface area contributed by atoms with Gasteiger partial charge in [0.2, 0.25) is 0 Å². The molecule has 2 N–H and O–H groups in total. The molecule has 0 bridgehead atoms. The number of halogens is 2. The van der Waals surface area contributed by atoms with Gasteiger partial charge in [0.25, 0.3) is 0 Å². The molecule has 0 amide bonds. The van der Waals surface area contributed by atoms with Crippen LogP contribution in [0.5, 0.6) is 0 Å². The zero-order valence-corrected chi connectivity index (χ0v) is 9.39. The second-order valence-corrected chi connectivity index (χ2v) is 3.79. The van der Waals surface area contributed by atoms with Crippen molar-refractivity contribution < 1.29 is 9.50 Å². The summed E-state index contributed by atoms with van der Waals surface area (Å²) in [4.78, 5) is 0. The number of benzene rings is 1. The first-order chi connectivity index (χ1) is 7.15. The van der Waals surface area contributed by atoms with E-state index in [1.807, 2.05) is 6.92 Å². The fraction of sp³-hybridized carbons (Fsp3) is 0.455. The molecule has 0 fully saturated rings. The summed E-state index contributed by atoms with van der Waals surface area (Å²) < 4.78 is 12.9. The van der Waals surface area contributed by atoms with Crippen LogP contribution in [0.2, 0.25) is 5.02 Å². The Hall–Kier alpha value is -0.640. The van der Waals surface area contributed by atoms with Crippen LogP contribution >= 0.6 is 11.6 Å². The third-order valence-electron chi connectivity index (χ3n) is 2.08. The van der Waals surface area contributed by atoms with E-state index in [-0.39, 0.29) is 5.82 Å². The van der Waals surface area contributed by atoms with Gasteiger partial charge in [-0.3, -0.25) is 0 Å². The van der Waals surface area contributed by atoms with E-state index in [0.717, 1.165) is 13.0 Å². The first-order valence-corrected chi connectivity index (χ1v) is 5.36. The summed E-state index contributed by atoms with van der Waals surface area (Å²) in [6, 6.07) is 3.99. The van der Waals surface area contributed by atoms with E-state index < -0.39 is 6.10 Å². The van der Waals surface area contributed by atoms with Gasteiger partial charge in [0.05, 0.1) is 6.10 Å². The van der Waals surface area contributed by atoms with E-state index >= 15 is 0 Å². The molecule has 0 saturated heterocycles. The number of hydrogen-bond acceptors (Lipinski definition) is 2. The highest BCUT2D eigenvalue weighted by atomic mass is 35.5. The van der Waals surface area contributed by atoms with Crippen LogP contribution in [0, 0.1) is 5.82 Å². The lowest BCUT2D eigenvalue weighted by molar-refractivity contribution is 0.174. The van der Waals surface area contributed by atoms with E-state index in [1.165, 1.54) is 18.2 Å². The van der Waals surface area contributed by atoms with Crippen molar-refractivity contribution in [2.24, 2.45) is 0 Å². The topological polar surface area (TPSA) is 32.3 Å². The van der Waals surface area contributed by atoms with E-state index in [9.17, 15) is 9.50 Å². The Balaban J connectivity index is 2.64. The van der Waals surface area contributed by atoms with Gasteiger partial charge in [-0.25, -0.2) is 4.39 Å². The zero-order valence-electron chi connectivity index (χ0n) is 8.63. The lowest BCUT2D eigenvalue weighted by Gasteiger charge is -2.13. The minimum atomic E-state index is -0.764. The number of hydrogen-bond donors (Lipinski definition) is 2. The molecule has 1 unspecified atom stereocenters. The summed E-state index contributed by atoms with van der Waals surface area (Å²) >= 11 is 5.85. The molecular weight excluding hydrogens is 217 g/mol. The van der Waals surface area contributed by atoms with Gasteiger partial charge in [-0.05, 0) is 31.2 Å². The molecular formula is C11H15ClFNO. The summed E-state index contributed by atoms with van der Waals surface area (Å²) in [6.07, 6.45) is 0.226. The van der Waals surface area contributed by atoms with Gasteiger partial charge in [-0.15, -0.1) is 0 Å². The van der Waals surface area contributed by atoms with Crippen LogP contribution in [0.15, 0.2) is 18.2 Å². The molecule has 2 nitrogen and oxygen atoms in total. The molecule has 1 aromatic rings. The summed E-state index contributed by atoms with van der Waals surface area (Å²) in [5.41, 5.74) is 0.431. The van der Waals surface area contributed by atoms with Gasteiger partial charge in [0.15, 0.2) is 0 Å². The predicted octanol–water partition coefficient (Wildman–Crippen LogP) is 2.51. The Morgan fingerprint density at radius 2 is 2.27 bits per heavy atom. The van der Waals surface area contributed by atoms with Crippen molar-refractivity contribution in [1.82, 2.24) is 5.32 Å². The van der Waals surface area contributed by atoms with Gasteiger partial charge in [-0.1, -0.05) is 18.5 Å². The number of nitrogens with one attached hydrogen (secondary N) is 1. The lowest BCUT2D eigenvalue weighted by atomic mass is 10.1. The average Bonchev–Trinajstić information content (AvgIpc) is 2.22. The Morgan fingerprint density at radius 3 is 2.93 bits per heavy atom. The molecule has 0 radical (unpaired) electrons. The average molecular weight is 232 g/mol. The van der Waals surface area contributed by atoms with E-state index in [2.05, 4.69) is 5.32 Å². The smallest absolute Gasteiger partial charge is 0.123 e. The molecule has 0 aliphatic carbocycles. The second kappa shape index (κ2) is 6.05.